The third-order valence-electron chi connectivity index (χ3n) is 2.62. The lowest BCUT2D eigenvalue weighted by Gasteiger charge is -2.28. The summed E-state index contributed by atoms with van der Waals surface area (Å²) in [6.07, 6.45) is -3.61. The van der Waals surface area contributed by atoms with Gasteiger partial charge in [0.25, 0.3) is 0 Å². The highest BCUT2D eigenvalue weighted by Crippen LogP contribution is 2.35. The van der Waals surface area contributed by atoms with Crippen molar-refractivity contribution in [3.05, 3.63) is 29.1 Å². The third-order valence-corrected chi connectivity index (χ3v) is 2.62. The molecule has 0 fully saturated rings. The van der Waals surface area contributed by atoms with Gasteiger partial charge in [-0.1, -0.05) is 0 Å². The highest BCUT2D eigenvalue weighted by Gasteiger charge is 2.34. The van der Waals surface area contributed by atoms with Crippen molar-refractivity contribution in [1.82, 2.24) is 4.98 Å². The largest absolute Gasteiger partial charge is 0.433 e. The van der Waals surface area contributed by atoms with E-state index in [1.807, 2.05) is 0 Å². The first kappa shape index (κ1) is 14.2. The van der Waals surface area contributed by atoms with E-state index in [1.54, 1.807) is 6.92 Å². The van der Waals surface area contributed by atoms with Gasteiger partial charge in [-0.15, -0.1) is 12.4 Å². The monoisotopic (exact) mass is 268 g/mol. The smallest absolute Gasteiger partial charge is 0.372 e. The van der Waals surface area contributed by atoms with Gasteiger partial charge in [0.05, 0.1) is 18.8 Å². The molecule has 17 heavy (non-hydrogen) atoms. The van der Waals surface area contributed by atoms with Gasteiger partial charge in [-0.2, -0.15) is 13.2 Å². The molecule has 1 aliphatic heterocycles. The zero-order valence-corrected chi connectivity index (χ0v) is 9.81. The lowest BCUT2D eigenvalue weighted by atomic mass is 9.96. The molecule has 0 unspecified atom stereocenters. The Morgan fingerprint density at radius 3 is 2.65 bits per heavy atom. The summed E-state index contributed by atoms with van der Waals surface area (Å²) in [6, 6.07) is 0.611. The van der Waals surface area contributed by atoms with Gasteiger partial charge in [-0.25, -0.2) is 0 Å². The van der Waals surface area contributed by atoms with Crippen LogP contribution in [0.4, 0.5) is 13.2 Å². The maximum Gasteiger partial charge on any atom is 0.433 e. The average Bonchev–Trinajstić information content (AvgIpc) is 2.22. The number of aromatic nitrogens is 1. The van der Waals surface area contributed by atoms with Crippen molar-refractivity contribution >= 4 is 12.4 Å². The van der Waals surface area contributed by atoms with Gasteiger partial charge in [0.15, 0.2) is 0 Å². The Labute approximate surface area is 103 Å². The number of alkyl halides is 3. The number of rotatable bonds is 0. The van der Waals surface area contributed by atoms with Gasteiger partial charge in [0.1, 0.15) is 5.69 Å². The number of nitrogens with zero attached hydrogens (tertiary/aromatic N) is 1. The number of fused-ring (bicyclic) bond motifs is 1. The molecule has 2 N–H and O–H groups in total. The van der Waals surface area contributed by atoms with Crippen molar-refractivity contribution in [2.45, 2.75) is 25.2 Å². The first-order valence-electron chi connectivity index (χ1n) is 4.84. The molecule has 2 heterocycles. The Hall–Kier alpha value is -0.850. The molecule has 0 saturated carbocycles. The van der Waals surface area contributed by atoms with E-state index < -0.39 is 17.9 Å². The molecule has 0 radical (unpaired) electrons. The Kier molecular flexibility index (Phi) is 4.01. The predicted molar refractivity (Wildman–Crippen MR) is 57.8 cm³/mol. The highest BCUT2D eigenvalue weighted by atomic mass is 35.5. The maximum absolute atomic E-state index is 12.4. The van der Waals surface area contributed by atoms with Crippen LogP contribution in [0.1, 0.15) is 35.9 Å². The third kappa shape index (κ3) is 2.70. The molecule has 2 rings (SSSR count). The van der Waals surface area contributed by atoms with E-state index in [0.29, 0.717) is 17.7 Å². The van der Waals surface area contributed by atoms with Crippen LogP contribution in [-0.4, -0.2) is 11.6 Å². The van der Waals surface area contributed by atoms with Crippen molar-refractivity contribution in [1.29, 1.82) is 0 Å². The minimum Gasteiger partial charge on any atom is -0.372 e. The molecule has 2 atom stereocenters. The minimum absolute atomic E-state index is 0. The molecule has 0 saturated heterocycles. The number of ether oxygens (including phenoxy) is 1. The summed E-state index contributed by atoms with van der Waals surface area (Å²) in [6.45, 7) is 2.01. The Balaban J connectivity index is 0.00000144. The molecule has 96 valence electrons. The summed E-state index contributed by atoms with van der Waals surface area (Å²) in [5, 5.41) is 0. The summed E-state index contributed by atoms with van der Waals surface area (Å²) in [4.78, 5) is 3.39. The Morgan fingerprint density at radius 1 is 1.41 bits per heavy atom. The van der Waals surface area contributed by atoms with E-state index in [0.717, 1.165) is 6.07 Å². The second-order valence-electron chi connectivity index (χ2n) is 3.78. The topological polar surface area (TPSA) is 48.1 Å². The van der Waals surface area contributed by atoms with E-state index in [1.165, 1.54) is 6.20 Å². The van der Waals surface area contributed by atoms with E-state index in [2.05, 4.69) is 4.98 Å². The molecule has 0 aromatic carbocycles. The van der Waals surface area contributed by atoms with Crippen molar-refractivity contribution in [3.8, 4) is 0 Å². The molecule has 1 aromatic rings. The van der Waals surface area contributed by atoms with Crippen molar-refractivity contribution in [2.24, 2.45) is 5.73 Å². The van der Waals surface area contributed by atoms with Crippen LogP contribution in [0.5, 0.6) is 0 Å². The van der Waals surface area contributed by atoms with Crippen LogP contribution in [0.3, 0.4) is 0 Å². The summed E-state index contributed by atoms with van der Waals surface area (Å²) < 4.78 is 42.6. The number of hydrogen-bond donors (Lipinski definition) is 1. The standard InChI is InChI=1S/C10H11F3N2O.ClH/c1-5-6-2-9(10(11,12)13)15-3-7(6)8(14)4-16-5;/h2-3,5,8H,4,14H2,1H3;1H/t5-,8+;/m0./s1. The number of halogens is 4. The SMILES string of the molecule is C[C@@H]1OC[C@@H](N)c2cnc(C(F)(F)F)cc21.Cl. The van der Waals surface area contributed by atoms with Crippen LogP contribution in [0, 0.1) is 0 Å². The second-order valence-corrected chi connectivity index (χ2v) is 3.78. The van der Waals surface area contributed by atoms with Crippen LogP contribution in [0.15, 0.2) is 12.3 Å². The van der Waals surface area contributed by atoms with Crippen molar-refractivity contribution in [2.75, 3.05) is 6.61 Å². The number of hydrogen-bond acceptors (Lipinski definition) is 3. The number of nitrogens with two attached hydrogens (primary N) is 1. The van der Waals surface area contributed by atoms with Gasteiger partial charge in [0, 0.05) is 6.20 Å². The van der Waals surface area contributed by atoms with Crippen molar-refractivity contribution in [3.63, 3.8) is 0 Å². The second kappa shape index (κ2) is 4.80. The summed E-state index contributed by atoms with van der Waals surface area (Å²) in [5.41, 5.74) is 5.92. The summed E-state index contributed by atoms with van der Waals surface area (Å²) in [5.74, 6) is 0. The van der Waals surface area contributed by atoms with E-state index >= 15 is 0 Å². The molecule has 1 aromatic heterocycles. The lowest BCUT2D eigenvalue weighted by molar-refractivity contribution is -0.141. The molecule has 0 aliphatic carbocycles. The quantitative estimate of drug-likeness (QED) is 0.787. The average molecular weight is 269 g/mol. The van der Waals surface area contributed by atoms with Crippen LogP contribution in [-0.2, 0) is 10.9 Å². The van der Waals surface area contributed by atoms with Gasteiger partial charge in [-0.05, 0) is 24.1 Å². The van der Waals surface area contributed by atoms with Gasteiger partial charge >= 0.3 is 6.18 Å². The van der Waals surface area contributed by atoms with Crippen LogP contribution in [0.2, 0.25) is 0 Å². The molecule has 0 bridgehead atoms. The highest BCUT2D eigenvalue weighted by molar-refractivity contribution is 5.85. The van der Waals surface area contributed by atoms with Crippen LogP contribution >= 0.6 is 12.4 Å². The number of pyridine rings is 1. The molecule has 7 heteroatoms. The molecular weight excluding hydrogens is 257 g/mol. The summed E-state index contributed by atoms with van der Waals surface area (Å²) >= 11 is 0. The van der Waals surface area contributed by atoms with Gasteiger partial charge in [-0.3, -0.25) is 4.98 Å². The lowest BCUT2D eigenvalue weighted by Crippen LogP contribution is -2.26. The fraction of sp³-hybridized carbons (Fsp3) is 0.500. The first-order valence-corrected chi connectivity index (χ1v) is 4.84. The normalized spacial score (nSPS) is 23.8. The maximum atomic E-state index is 12.4. The zero-order chi connectivity index (χ0) is 11.9. The molecular formula is C10H12ClF3N2O. The molecule has 0 spiro atoms. The first-order chi connectivity index (χ1) is 7.39. The molecule has 0 amide bonds. The predicted octanol–water partition coefficient (Wildman–Crippen LogP) is 2.61. The zero-order valence-electron chi connectivity index (χ0n) is 8.99. The Morgan fingerprint density at radius 2 is 2.06 bits per heavy atom. The van der Waals surface area contributed by atoms with Gasteiger partial charge < -0.3 is 10.5 Å². The molecule has 1 aliphatic rings. The van der Waals surface area contributed by atoms with E-state index in [9.17, 15) is 13.2 Å². The van der Waals surface area contributed by atoms with Crippen LogP contribution in [0.25, 0.3) is 0 Å². The summed E-state index contributed by atoms with van der Waals surface area (Å²) in [7, 11) is 0. The Bertz CT molecular complexity index is 411. The fourth-order valence-electron chi connectivity index (χ4n) is 1.73. The minimum atomic E-state index is -4.43. The van der Waals surface area contributed by atoms with E-state index in [-0.39, 0.29) is 18.5 Å². The van der Waals surface area contributed by atoms with Crippen molar-refractivity contribution < 1.29 is 17.9 Å². The van der Waals surface area contributed by atoms with Gasteiger partial charge in [0.2, 0.25) is 0 Å². The fourth-order valence-corrected chi connectivity index (χ4v) is 1.73. The van der Waals surface area contributed by atoms with E-state index in [4.69, 9.17) is 10.5 Å². The molecule has 3 nitrogen and oxygen atoms in total. The van der Waals surface area contributed by atoms with Crippen LogP contribution < -0.4 is 5.73 Å².